The van der Waals surface area contributed by atoms with E-state index in [-0.39, 0.29) is 18.0 Å². The summed E-state index contributed by atoms with van der Waals surface area (Å²) in [5.41, 5.74) is 1.26. The Morgan fingerprint density at radius 2 is 1.68 bits per heavy atom. The number of ketones is 2. The molecule has 0 fully saturated rings. The zero-order valence-electron chi connectivity index (χ0n) is 18.6. The molecule has 0 saturated heterocycles. The van der Waals surface area contributed by atoms with Crippen molar-refractivity contribution in [1.82, 2.24) is 0 Å². The molecule has 0 aliphatic heterocycles. The Morgan fingerprint density at radius 1 is 1.03 bits per heavy atom. The second-order valence-electron chi connectivity index (χ2n) is 8.15. The summed E-state index contributed by atoms with van der Waals surface area (Å²) in [7, 11) is 3.08. The molecule has 0 unspecified atom stereocenters. The predicted octanol–water partition coefficient (Wildman–Crippen LogP) is 4.10. The first-order valence-corrected chi connectivity index (χ1v) is 10.2. The lowest BCUT2D eigenvalue weighted by Crippen LogP contribution is -2.48. The molecular weight excluding hydrogens is 394 g/mol. The van der Waals surface area contributed by atoms with Crippen LogP contribution in [0.4, 0.5) is 5.69 Å². The van der Waals surface area contributed by atoms with Crippen molar-refractivity contribution in [2.75, 3.05) is 19.5 Å². The predicted molar refractivity (Wildman–Crippen MR) is 119 cm³/mol. The van der Waals surface area contributed by atoms with Crippen LogP contribution in [-0.4, -0.2) is 36.5 Å². The van der Waals surface area contributed by atoms with E-state index in [0.29, 0.717) is 28.3 Å². The van der Waals surface area contributed by atoms with Crippen LogP contribution in [0.5, 0.6) is 11.5 Å². The van der Waals surface area contributed by atoms with Crippen molar-refractivity contribution in [3.05, 3.63) is 65.4 Å². The summed E-state index contributed by atoms with van der Waals surface area (Å²) in [6, 6.07) is 14.8. The highest BCUT2D eigenvalue weighted by Gasteiger charge is 2.49. The summed E-state index contributed by atoms with van der Waals surface area (Å²) in [5, 5.41) is 14.7. The number of hydrogen-bond donors (Lipinski definition) is 2. The summed E-state index contributed by atoms with van der Waals surface area (Å²) < 4.78 is 10.8. The van der Waals surface area contributed by atoms with Gasteiger partial charge in [-0.1, -0.05) is 24.3 Å². The first-order valence-electron chi connectivity index (χ1n) is 10.2. The van der Waals surface area contributed by atoms with Crippen LogP contribution in [0.1, 0.15) is 38.7 Å². The smallest absolute Gasteiger partial charge is 0.161 e. The highest BCUT2D eigenvalue weighted by molar-refractivity contribution is 5.98. The standard InChI is InChI=1S/C25H29NO5/c1-15(27)22-19(26-18-9-7-6-8-10-18)14-25(3,29)24(16(2)28)23(22)17-11-12-20(30-4)21(13-17)31-5/h6-13,23-24,26,29H,14H2,1-5H3/t23-,24+,25-/m0/s1. The van der Waals surface area contributed by atoms with Gasteiger partial charge in [0.15, 0.2) is 17.3 Å². The number of carbonyl (C=O) groups excluding carboxylic acids is 2. The van der Waals surface area contributed by atoms with Crippen LogP contribution < -0.4 is 14.8 Å². The average molecular weight is 424 g/mol. The van der Waals surface area contributed by atoms with Crippen LogP contribution in [0, 0.1) is 5.92 Å². The van der Waals surface area contributed by atoms with Crippen LogP contribution in [0.3, 0.4) is 0 Å². The maximum atomic E-state index is 12.9. The fourth-order valence-electron chi connectivity index (χ4n) is 4.59. The number of allylic oxidation sites excluding steroid dienone is 1. The first kappa shape index (κ1) is 22.6. The molecule has 6 heteroatoms. The van der Waals surface area contributed by atoms with E-state index in [1.807, 2.05) is 36.4 Å². The van der Waals surface area contributed by atoms with E-state index in [4.69, 9.17) is 9.47 Å². The number of rotatable bonds is 7. The van der Waals surface area contributed by atoms with Crippen molar-refractivity contribution >= 4 is 17.3 Å². The maximum absolute atomic E-state index is 12.9. The average Bonchev–Trinajstić information content (AvgIpc) is 2.72. The molecule has 6 nitrogen and oxygen atoms in total. The minimum Gasteiger partial charge on any atom is -0.493 e. The Morgan fingerprint density at radius 3 is 2.23 bits per heavy atom. The monoisotopic (exact) mass is 423 g/mol. The number of carbonyl (C=O) groups is 2. The van der Waals surface area contributed by atoms with Crippen LogP contribution in [0.25, 0.3) is 0 Å². The van der Waals surface area contributed by atoms with Gasteiger partial charge in [-0.3, -0.25) is 9.59 Å². The minimum atomic E-state index is -1.35. The van der Waals surface area contributed by atoms with Gasteiger partial charge in [0.05, 0.1) is 25.7 Å². The van der Waals surface area contributed by atoms with Gasteiger partial charge in [0, 0.05) is 29.3 Å². The number of hydrogen-bond acceptors (Lipinski definition) is 6. The molecule has 0 heterocycles. The van der Waals surface area contributed by atoms with E-state index in [1.165, 1.54) is 21.0 Å². The number of methoxy groups -OCH3 is 2. The van der Waals surface area contributed by atoms with Crippen molar-refractivity contribution < 1.29 is 24.2 Å². The zero-order chi connectivity index (χ0) is 22.8. The third kappa shape index (κ3) is 4.49. The van der Waals surface area contributed by atoms with E-state index in [0.717, 1.165) is 5.69 Å². The molecule has 0 aromatic heterocycles. The first-order chi connectivity index (χ1) is 14.7. The van der Waals surface area contributed by atoms with Crippen molar-refractivity contribution in [2.24, 2.45) is 5.92 Å². The summed E-state index contributed by atoms with van der Waals surface area (Å²) in [5.74, 6) is -0.713. The quantitative estimate of drug-likeness (QED) is 0.697. The topological polar surface area (TPSA) is 84.9 Å². The summed E-state index contributed by atoms with van der Waals surface area (Å²) in [6.45, 7) is 4.60. The molecule has 164 valence electrons. The molecule has 0 bridgehead atoms. The molecule has 0 spiro atoms. The highest BCUT2D eigenvalue weighted by Crippen LogP contribution is 2.48. The molecule has 0 radical (unpaired) electrons. The van der Waals surface area contributed by atoms with Gasteiger partial charge in [-0.25, -0.2) is 0 Å². The molecule has 0 saturated carbocycles. The molecular formula is C25H29NO5. The fraction of sp³-hybridized carbons (Fsp3) is 0.360. The number of aliphatic hydroxyl groups is 1. The van der Waals surface area contributed by atoms with Crippen molar-refractivity contribution in [1.29, 1.82) is 0 Å². The van der Waals surface area contributed by atoms with Crippen molar-refractivity contribution in [3.8, 4) is 11.5 Å². The van der Waals surface area contributed by atoms with Crippen LogP contribution in [0.15, 0.2) is 59.8 Å². The van der Waals surface area contributed by atoms with E-state index in [9.17, 15) is 14.7 Å². The zero-order valence-corrected chi connectivity index (χ0v) is 18.6. The molecule has 3 atom stereocenters. The van der Waals surface area contributed by atoms with E-state index in [1.54, 1.807) is 26.2 Å². The van der Waals surface area contributed by atoms with Gasteiger partial charge in [-0.2, -0.15) is 0 Å². The molecule has 1 aliphatic carbocycles. The summed E-state index contributed by atoms with van der Waals surface area (Å²) in [4.78, 5) is 25.6. The van der Waals surface area contributed by atoms with E-state index < -0.39 is 17.4 Å². The molecule has 2 N–H and O–H groups in total. The third-order valence-corrected chi connectivity index (χ3v) is 5.83. The lowest BCUT2D eigenvalue weighted by Gasteiger charge is -2.43. The maximum Gasteiger partial charge on any atom is 0.161 e. The lowest BCUT2D eigenvalue weighted by atomic mass is 9.64. The number of Topliss-reactive ketones (excluding diaryl/α,β-unsaturated/α-hetero) is 2. The largest absolute Gasteiger partial charge is 0.493 e. The number of para-hydroxylation sites is 1. The molecule has 0 amide bonds. The van der Waals surface area contributed by atoms with Crippen LogP contribution in [0.2, 0.25) is 0 Å². The second kappa shape index (κ2) is 8.94. The SMILES string of the molecule is COc1ccc([C@H]2C(C(C)=O)=C(Nc3ccccc3)C[C@](C)(O)[C@@H]2C(C)=O)cc1OC. The number of ether oxygens (including phenoxy) is 2. The molecule has 2 aromatic rings. The molecule has 1 aliphatic rings. The van der Waals surface area contributed by atoms with E-state index in [2.05, 4.69) is 5.32 Å². The number of anilines is 1. The summed E-state index contributed by atoms with van der Waals surface area (Å²) in [6.07, 6.45) is 0.158. The lowest BCUT2D eigenvalue weighted by molar-refractivity contribution is -0.131. The Bertz CT molecular complexity index is 1010. The van der Waals surface area contributed by atoms with Gasteiger partial charge in [-0.15, -0.1) is 0 Å². The Kier molecular flexibility index (Phi) is 6.51. The van der Waals surface area contributed by atoms with Crippen LogP contribution >= 0.6 is 0 Å². The van der Waals surface area contributed by atoms with Gasteiger partial charge < -0.3 is 19.9 Å². The van der Waals surface area contributed by atoms with Crippen molar-refractivity contribution in [3.63, 3.8) is 0 Å². The number of nitrogens with one attached hydrogen (secondary N) is 1. The number of benzene rings is 2. The van der Waals surface area contributed by atoms with Gasteiger partial charge in [0.1, 0.15) is 5.78 Å². The Labute approximate surface area is 182 Å². The molecule has 2 aromatic carbocycles. The third-order valence-electron chi connectivity index (χ3n) is 5.83. The van der Waals surface area contributed by atoms with Gasteiger partial charge >= 0.3 is 0 Å². The van der Waals surface area contributed by atoms with E-state index >= 15 is 0 Å². The Hall–Kier alpha value is -3.12. The van der Waals surface area contributed by atoms with Gasteiger partial charge in [0.2, 0.25) is 0 Å². The second-order valence-corrected chi connectivity index (χ2v) is 8.15. The minimum absolute atomic E-state index is 0.153. The van der Waals surface area contributed by atoms with Crippen LogP contribution in [-0.2, 0) is 9.59 Å². The highest BCUT2D eigenvalue weighted by atomic mass is 16.5. The fourth-order valence-corrected chi connectivity index (χ4v) is 4.59. The van der Waals surface area contributed by atoms with Gasteiger partial charge in [0.25, 0.3) is 0 Å². The molecule has 31 heavy (non-hydrogen) atoms. The van der Waals surface area contributed by atoms with Crippen molar-refractivity contribution in [2.45, 2.75) is 38.7 Å². The molecule has 3 rings (SSSR count). The summed E-state index contributed by atoms with van der Waals surface area (Å²) >= 11 is 0. The normalized spacial score (nSPS) is 23.3. The Balaban J connectivity index is 2.24. The van der Waals surface area contributed by atoms with Gasteiger partial charge in [-0.05, 0) is 50.6 Å².